The first-order chi connectivity index (χ1) is 9.25. The number of hydrogen-bond acceptors (Lipinski definition) is 3. The molecule has 3 rings (SSSR count). The molecule has 1 fully saturated rings. The minimum atomic E-state index is -0.406. The zero-order chi connectivity index (χ0) is 13.2. The summed E-state index contributed by atoms with van der Waals surface area (Å²) in [6.45, 7) is 0.998. The molecule has 1 amide bonds. The number of aliphatic hydroxyl groups is 1. The number of rotatable bonds is 2. The molecule has 1 aliphatic heterocycles. The zero-order valence-corrected chi connectivity index (χ0v) is 10.4. The van der Waals surface area contributed by atoms with Crippen molar-refractivity contribution in [1.82, 2.24) is 15.1 Å². The average Bonchev–Trinajstić information content (AvgIpc) is 3.07. The standard InChI is InChI=1S/C14H15N3O2/c18-11-6-7-17(9-11)14(19)12-8-15-16-13(12)10-4-2-1-3-5-10/h1-5,8,11,18H,6-7,9H2,(H,15,16). The van der Waals surface area contributed by atoms with Crippen LogP contribution >= 0.6 is 0 Å². The van der Waals surface area contributed by atoms with Crippen LogP contribution in [0.2, 0.25) is 0 Å². The Kier molecular flexibility index (Phi) is 3.05. The molecule has 0 bridgehead atoms. The molecule has 1 aliphatic rings. The molecule has 5 heteroatoms. The maximum absolute atomic E-state index is 12.4. The lowest BCUT2D eigenvalue weighted by Crippen LogP contribution is -2.29. The van der Waals surface area contributed by atoms with Gasteiger partial charge < -0.3 is 10.0 Å². The van der Waals surface area contributed by atoms with Crippen LogP contribution in [0, 0.1) is 0 Å². The van der Waals surface area contributed by atoms with Gasteiger partial charge in [-0.1, -0.05) is 30.3 Å². The van der Waals surface area contributed by atoms with Gasteiger partial charge in [0.15, 0.2) is 0 Å². The van der Waals surface area contributed by atoms with Gasteiger partial charge in [0.05, 0.1) is 23.6 Å². The highest BCUT2D eigenvalue weighted by atomic mass is 16.3. The van der Waals surface area contributed by atoms with Crippen LogP contribution in [-0.2, 0) is 0 Å². The van der Waals surface area contributed by atoms with Gasteiger partial charge in [-0.05, 0) is 6.42 Å². The Bertz CT molecular complexity index is 579. The summed E-state index contributed by atoms with van der Waals surface area (Å²) in [6, 6.07) is 9.64. The molecule has 5 nitrogen and oxygen atoms in total. The van der Waals surface area contributed by atoms with Crippen molar-refractivity contribution in [3.05, 3.63) is 42.1 Å². The largest absolute Gasteiger partial charge is 0.391 e. The third-order valence-corrected chi connectivity index (χ3v) is 3.38. The van der Waals surface area contributed by atoms with Crippen LogP contribution in [0.4, 0.5) is 0 Å². The first kappa shape index (κ1) is 11.9. The first-order valence-electron chi connectivity index (χ1n) is 6.32. The number of likely N-dealkylation sites (tertiary alicyclic amines) is 1. The van der Waals surface area contributed by atoms with Crippen LogP contribution in [0.3, 0.4) is 0 Å². The van der Waals surface area contributed by atoms with Gasteiger partial charge in [-0.3, -0.25) is 9.89 Å². The molecule has 1 unspecified atom stereocenters. The number of nitrogens with zero attached hydrogens (tertiary/aromatic N) is 2. The molecule has 1 aromatic carbocycles. The van der Waals surface area contributed by atoms with Crippen molar-refractivity contribution < 1.29 is 9.90 Å². The van der Waals surface area contributed by atoms with Crippen molar-refractivity contribution >= 4 is 5.91 Å². The van der Waals surface area contributed by atoms with E-state index in [9.17, 15) is 9.90 Å². The fourth-order valence-corrected chi connectivity index (χ4v) is 2.37. The molecule has 0 spiro atoms. The van der Waals surface area contributed by atoms with E-state index < -0.39 is 6.10 Å². The maximum atomic E-state index is 12.4. The Labute approximate surface area is 110 Å². The van der Waals surface area contributed by atoms with Gasteiger partial charge in [0.1, 0.15) is 0 Å². The van der Waals surface area contributed by atoms with Gasteiger partial charge in [0, 0.05) is 18.7 Å². The summed E-state index contributed by atoms with van der Waals surface area (Å²) < 4.78 is 0. The number of β-amino-alcohol motifs (C(OH)–C–C–N with tert-alkyl or cyclic N) is 1. The quantitative estimate of drug-likeness (QED) is 0.851. The summed E-state index contributed by atoms with van der Waals surface area (Å²) in [5.41, 5.74) is 2.22. The average molecular weight is 257 g/mol. The Hall–Kier alpha value is -2.14. The molecule has 0 radical (unpaired) electrons. The van der Waals surface area contributed by atoms with Crippen molar-refractivity contribution in [2.75, 3.05) is 13.1 Å². The van der Waals surface area contributed by atoms with E-state index in [1.807, 2.05) is 30.3 Å². The van der Waals surface area contributed by atoms with E-state index in [1.54, 1.807) is 11.1 Å². The van der Waals surface area contributed by atoms with E-state index >= 15 is 0 Å². The molecule has 19 heavy (non-hydrogen) atoms. The molecule has 2 aromatic rings. The smallest absolute Gasteiger partial charge is 0.257 e. The second kappa shape index (κ2) is 4.85. The topological polar surface area (TPSA) is 69.2 Å². The number of aromatic nitrogens is 2. The van der Waals surface area contributed by atoms with Gasteiger partial charge in [-0.25, -0.2) is 0 Å². The fourth-order valence-electron chi connectivity index (χ4n) is 2.37. The minimum absolute atomic E-state index is 0.0795. The molecule has 1 atom stereocenters. The number of hydrogen-bond donors (Lipinski definition) is 2. The second-order valence-corrected chi connectivity index (χ2v) is 4.72. The van der Waals surface area contributed by atoms with E-state index in [1.165, 1.54) is 0 Å². The number of aromatic amines is 1. The Morgan fingerprint density at radius 3 is 2.84 bits per heavy atom. The number of carbonyl (C=O) groups excluding carboxylic acids is 1. The molecule has 2 N–H and O–H groups in total. The predicted octanol–water partition coefficient (Wildman–Crippen LogP) is 1.28. The molecule has 0 saturated carbocycles. The van der Waals surface area contributed by atoms with Crippen LogP contribution in [0.1, 0.15) is 16.8 Å². The summed E-state index contributed by atoms with van der Waals surface area (Å²) in [5.74, 6) is -0.0795. The summed E-state index contributed by atoms with van der Waals surface area (Å²) >= 11 is 0. The molecule has 1 aromatic heterocycles. The third-order valence-electron chi connectivity index (χ3n) is 3.38. The molecule has 0 aliphatic carbocycles. The number of benzene rings is 1. The van der Waals surface area contributed by atoms with Crippen molar-refractivity contribution in [3.63, 3.8) is 0 Å². The highest BCUT2D eigenvalue weighted by molar-refractivity contribution is 5.99. The minimum Gasteiger partial charge on any atom is -0.391 e. The maximum Gasteiger partial charge on any atom is 0.257 e. The number of carbonyl (C=O) groups is 1. The van der Waals surface area contributed by atoms with Gasteiger partial charge >= 0.3 is 0 Å². The molecular formula is C14H15N3O2. The summed E-state index contributed by atoms with van der Waals surface area (Å²) in [4.78, 5) is 14.1. The molecule has 98 valence electrons. The van der Waals surface area contributed by atoms with E-state index in [4.69, 9.17) is 0 Å². The van der Waals surface area contributed by atoms with Gasteiger partial charge in [0.2, 0.25) is 0 Å². The Morgan fingerprint density at radius 1 is 1.37 bits per heavy atom. The predicted molar refractivity (Wildman–Crippen MR) is 70.6 cm³/mol. The van der Waals surface area contributed by atoms with Crippen molar-refractivity contribution in [3.8, 4) is 11.3 Å². The van der Waals surface area contributed by atoms with Gasteiger partial charge in [-0.2, -0.15) is 5.10 Å². The monoisotopic (exact) mass is 257 g/mol. The Balaban J connectivity index is 1.90. The Morgan fingerprint density at radius 2 is 2.16 bits per heavy atom. The van der Waals surface area contributed by atoms with Crippen LogP contribution in [0.5, 0.6) is 0 Å². The lowest BCUT2D eigenvalue weighted by molar-refractivity contribution is 0.0766. The highest BCUT2D eigenvalue weighted by Crippen LogP contribution is 2.23. The lowest BCUT2D eigenvalue weighted by Gasteiger charge is -2.15. The first-order valence-corrected chi connectivity index (χ1v) is 6.32. The van der Waals surface area contributed by atoms with Gasteiger partial charge in [-0.15, -0.1) is 0 Å². The van der Waals surface area contributed by atoms with Crippen molar-refractivity contribution in [2.24, 2.45) is 0 Å². The van der Waals surface area contributed by atoms with Gasteiger partial charge in [0.25, 0.3) is 5.91 Å². The number of amides is 1. The van der Waals surface area contributed by atoms with E-state index in [0.29, 0.717) is 25.1 Å². The fraction of sp³-hybridized carbons (Fsp3) is 0.286. The van der Waals surface area contributed by atoms with Crippen LogP contribution < -0.4 is 0 Å². The lowest BCUT2D eigenvalue weighted by atomic mass is 10.1. The normalized spacial score (nSPS) is 18.8. The second-order valence-electron chi connectivity index (χ2n) is 4.72. The van der Waals surface area contributed by atoms with E-state index in [0.717, 1.165) is 11.3 Å². The molecule has 1 saturated heterocycles. The van der Waals surface area contributed by atoms with E-state index in [-0.39, 0.29) is 5.91 Å². The number of nitrogens with one attached hydrogen (secondary N) is 1. The summed E-state index contributed by atoms with van der Waals surface area (Å²) in [7, 11) is 0. The van der Waals surface area contributed by atoms with Crippen molar-refractivity contribution in [2.45, 2.75) is 12.5 Å². The van der Waals surface area contributed by atoms with E-state index in [2.05, 4.69) is 10.2 Å². The SMILES string of the molecule is O=C(c1cn[nH]c1-c1ccccc1)N1CCC(O)C1. The zero-order valence-electron chi connectivity index (χ0n) is 10.4. The summed E-state index contributed by atoms with van der Waals surface area (Å²) in [5, 5.41) is 16.4. The molecule has 2 heterocycles. The van der Waals surface area contributed by atoms with Crippen molar-refractivity contribution in [1.29, 1.82) is 0 Å². The number of aliphatic hydroxyl groups excluding tert-OH is 1. The number of H-pyrrole nitrogens is 1. The van der Waals surface area contributed by atoms with Crippen LogP contribution in [-0.4, -0.2) is 45.3 Å². The third kappa shape index (κ3) is 2.24. The highest BCUT2D eigenvalue weighted by Gasteiger charge is 2.27. The van der Waals surface area contributed by atoms with Crippen LogP contribution in [0.15, 0.2) is 36.5 Å². The van der Waals surface area contributed by atoms with Crippen LogP contribution in [0.25, 0.3) is 11.3 Å². The summed E-state index contributed by atoms with van der Waals surface area (Å²) in [6.07, 6.45) is 1.79. The molecular weight excluding hydrogens is 242 g/mol.